The first-order valence-corrected chi connectivity index (χ1v) is 7.36. The first-order valence-electron chi connectivity index (χ1n) is 6.98. The lowest BCUT2D eigenvalue weighted by molar-refractivity contribution is 0.415. The van der Waals surface area contributed by atoms with Crippen LogP contribution in [0.5, 0.6) is 5.75 Å². The molecular formula is C17H19ClFNO. The summed E-state index contributed by atoms with van der Waals surface area (Å²) in [6.45, 7) is 3.63. The fourth-order valence-electron chi connectivity index (χ4n) is 2.22. The van der Waals surface area contributed by atoms with E-state index in [1.165, 1.54) is 6.07 Å². The second-order valence-electron chi connectivity index (χ2n) is 4.83. The van der Waals surface area contributed by atoms with Crippen molar-refractivity contribution in [2.24, 2.45) is 0 Å². The van der Waals surface area contributed by atoms with Crippen LogP contribution in [-0.4, -0.2) is 13.7 Å². The predicted molar refractivity (Wildman–Crippen MR) is 85.4 cm³/mol. The van der Waals surface area contributed by atoms with Crippen molar-refractivity contribution in [1.29, 1.82) is 0 Å². The van der Waals surface area contributed by atoms with E-state index in [4.69, 9.17) is 16.3 Å². The molecule has 0 spiro atoms. The highest BCUT2D eigenvalue weighted by Crippen LogP contribution is 2.32. The smallest absolute Gasteiger partial charge is 0.138 e. The molecule has 1 N–H and O–H groups in total. The van der Waals surface area contributed by atoms with E-state index in [2.05, 4.69) is 12.2 Å². The average Bonchev–Trinajstić information content (AvgIpc) is 2.48. The van der Waals surface area contributed by atoms with E-state index in [0.29, 0.717) is 17.3 Å². The third-order valence-corrected chi connectivity index (χ3v) is 3.58. The topological polar surface area (TPSA) is 21.3 Å². The van der Waals surface area contributed by atoms with Gasteiger partial charge in [0.05, 0.1) is 12.1 Å². The van der Waals surface area contributed by atoms with Gasteiger partial charge in [0, 0.05) is 6.54 Å². The number of halogens is 2. The molecule has 0 aliphatic carbocycles. The number of rotatable bonds is 6. The summed E-state index contributed by atoms with van der Waals surface area (Å²) >= 11 is 6.05. The molecule has 2 aromatic carbocycles. The maximum atomic E-state index is 13.5. The van der Waals surface area contributed by atoms with E-state index in [0.717, 1.165) is 29.7 Å². The second-order valence-corrected chi connectivity index (χ2v) is 5.23. The van der Waals surface area contributed by atoms with Crippen molar-refractivity contribution in [2.75, 3.05) is 13.7 Å². The Hall–Kier alpha value is -1.58. The molecule has 0 fully saturated rings. The number of hydrogen-bond donors (Lipinski definition) is 1. The van der Waals surface area contributed by atoms with Crippen LogP contribution in [0.2, 0.25) is 5.02 Å². The van der Waals surface area contributed by atoms with Crippen molar-refractivity contribution in [1.82, 2.24) is 5.32 Å². The van der Waals surface area contributed by atoms with Crippen LogP contribution in [-0.2, 0) is 6.54 Å². The van der Waals surface area contributed by atoms with Gasteiger partial charge in [0.25, 0.3) is 0 Å². The van der Waals surface area contributed by atoms with Crippen molar-refractivity contribution in [3.8, 4) is 16.9 Å². The van der Waals surface area contributed by atoms with E-state index in [1.54, 1.807) is 25.3 Å². The molecule has 0 saturated heterocycles. The van der Waals surface area contributed by atoms with Gasteiger partial charge < -0.3 is 10.1 Å². The van der Waals surface area contributed by atoms with Gasteiger partial charge in [-0.2, -0.15) is 0 Å². The monoisotopic (exact) mass is 307 g/mol. The lowest BCUT2D eigenvalue weighted by Crippen LogP contribution is -2.14. The Morgan fingerprint density at radius 2 is 2.00 bits per heavy atom. The van der Waals surface area contributed by atoms with Crippen LogP contribution in [0.3, 0.4) is 0 Å². The number of methoxy groups -OCH3 is 1. The molecule has 0 amide bonds. The lowest BCUT2D eigenvalue weighted by atomic mass is 9.99. The van der Waals surface area contributed by atoms with Crippen LogP contribution in [0.15, 0.2) is 36.4 Å². The van der Waals surface area contributed by atoms with Gasteiger partial charge in [-0.1, -0.05) is 30.7 Å². The van der Waals surface area contributed by atoms with Gasteiger partial charge in [-0.25, -0.2) is 4.39 Å². The standard InChI is InChI=1S/C17H19ClFNO/c1-3-8-20-11-13-9-14(19)5-6-15(13)12-4-7-16(18)17(10-12)21-2/h4-7,9-10,20H,3,8,11H2,1-2H3. The summed E-state index contributed by atoms with van der Waals surface area (Å²) in [6, 6.07) is 10.4. The zero-order valence-corrected chi connectivity index (χ0v) is 13.0. The van der Waals surface area contributed by atoms with Gasteiger partial charge in [-0.15, -0.1) is 0 Å². The molecule has 21 heavy (non-hydrogen) atoms. The molecule has 0 heterocycles. The van der Waals surface area contributed by atoms with Crippen LogP contribution in [0.1, 0.15) is 18.9 Å². The first kappa shape index (κ1) is 15.8. The minimum Gasteiger partial charge on any atom is -0.495 e. The number of benzene rings is 2. The molecule has 2 rings (SSSR count). The van der Waals surface area contributed by atoms with E-state index in [9.17, 15) is 4.39 Å². The second kappa shape index (κ2) is 7.43. The normalized spacial score (nSPS) is 10.7. The Morgan fingerprint density at radius 1 is 1.19 bits per heavy atom. The highest BCUT2D eigenvalue weighted by molar-refractivity contribution is 6.32. The molecule has 0 aliphatic heterocycles. The summed E-state index contributed by atoms with van der Waals surface area (Å²) < 4.78 is 18.8. The SMILES string of the molecule is CCCNCc1cc(F)ccc1-c1ccc(Cl)c(OC)c1. The number of hydrogen-bond acceptors (Lipinski definition) is 2. The van der Waals surface area contributed by atoms with E-state index < -0.39 is 0 Å². The van der Waals surface area contributed by atoms with Gasteiger partial charge in [-0.3, -0.25) is 0 Å². The number of nitrogens with one attached hydrogen (secondary N) is 1. The fourth-order valence-corrected chi connectivity index (χ4v) is 2.41. The zero-order chi connectivity index (χ0) is 15.2. The molecule has 4 heteroatoms. The zero-order valence-electron chi connectivity index (χ0n) is 12.2. The minimum absolute atomic E-state index is 0.229. The maximum absolute atomic E-state index is 13.5. The molecule has 112 valence electrons. The van der Waals surface area contributed by atoms with E-state index in [-0.39, 0.29) is 5.82 Å². The summed E-state index contributed by atoms with van der Waals surface area (Å²) in [5.41, 5.74) is 2.87. The van der Waals surface area contributed by atoms with Gasteiger partial charge in [0.2, 0.25) is 0 Å². The Labute approximate surface area is 129 Å². The van der Waals surface area contributed by atoms with E-state index in [1.807, 2.05) is 12.1 Å². The Bertz CT molecular complexity index is 616. The van der Waals surface area contributed by atoms with Gasteiger partial charge in [-0.05, 0) is 53.9 Å². The third kappa shape index (κ3) is 3.96. The Morgan fingerprint density at radius 3 is 2.71 bits per heavy atom. The lowest BCUT2D eigenvalue weighted by Gasteiger charge is -2.12. The van der Waals surface area contributed by atoms with Crippen molar-refractivity contribution < 1.29 is 9.13 Å². The molecule has 0 atom stereocenters. The number of ether oxygens (including phenoxy) is 1. The quantitative estimate of drug-likeness (QED) is 0.784. The van der Waals surface area contributed by atoms with Crippen molar-refractivity contribution in [3.05, 3.63) is 52.8 Å². The van der Waals surface area contributed by atoms with Crippen LogP contribution in [0, 0.1) is 5.82 Å². The molecule has 0 aromatic heterocycles. The molecule has 2 nitrogen and oxygen atoms in total. The van der Waals surface area contributed by atoms with Crippen LogP contribution in [0.25, 0.3) is 11.1 Å². The van der Waals surface area contributed by atoms with Crippen LogP contribution in [0.4, 0.5) is 4.39 Å². The predicted octanol–water partition coefficient (Wildman–Crippen LogP) is 4.65. The molecule has 0 saturated carbocycles. The molecule has 0 aliphatic rings. The molecule has 0 bridgehead atoms. The molecule has 0 radical (unpaired) electrons. The van der Waals surface area contributed by atoms with Crippen molar-refractivity contribution in [3.63, 3.8) is 0 Å². The van der Waals surface area contributed by atoms with Crippen molar-refractivity contribution >= 4 is 11.6 Å². The Balaban J connectivity index is 2.38. The molecule has 0 unspecified atom stereocenters. The maximum Gasteiger partial charge on any atom is 0.138 e. The van der Waals surface area contributed by atoms with Gasteiger partial charge in [0.1, 0.15) is 11.6 Å². The summed E-state index contributed by atoms with van der Waals surface area (Å²) in [7, 11) is 1.58. The Kier molecular flexibility index (Phi) is 5.59. The van der Waals surface area contributed by atoms with Crippen LogP contribution >= 0.6 is 11.6 Å². The van der Waals surface area contributed by atoms with Gasteiger partial charge in [0.15, 0.2) is 0 Å². The van der Waals surface area contributed by atoms with E-state index >= 15 is 0 Å². The molecule has 2 aromatic rings. The third-order valence-electron chi connectivity index (χ3n) is 3.27. The summed E-state index contributed by atoms with van der Waals surface area (Å²) in [4.78, 5) is 0. The minimum atomic E-state index is -0.229. The van der Waals surface area contributed by atoms with Gasteiger partial charge >= 0.3 is 0 Å². The van der Waals surface area contributed by atoms with Crippen LogP contribution < -0.4 is 10.1 Å². The summed E-state index contributed by atoms with van der Waals surface area (Å²) in [5.74, 6) is 0.388. The highest BCUT2D eigenvalue weighted by atomic mass is 35.5. The average molecular weight is 308 g/mol. The first-order chi connectivity index (χ1) is 10.2. The summed E-state index contributed by atoms with van der Waals surface area (Å²) in [5, 5.41) is 3.87. The molecular weight excluding hydrogens is 289 g/mol. The summed E-state index contributed by atoms with van der Waals surface area (Å²) in [6.07, 6.45) is 1.04. The largest absolute Gasteiger partial charge is 0.495 e. The fraction of sp³-hybridized carbons (Fsp3) is 0.294. The van der Waals surface area contributed by atoms with Crippen molar-refractivity contribution in [2.45, 2.75) is 19.9 Å². The highest BCUT2D eigenvalue weighted by Gasteiger charge is 2.09.